The number of rotatable bonds is 14. The highest BCUT2D eigenvalue weighted by atomic mass is 28.4. The van der Waals surface area contributed by atoms with Crippen molar-refractivity contribution in [3.05, 3.63) is 24.3 Å². The molecule has 0 spiro atoms. The van der Waals surface area contributed by atoms with E-state index in [0.29, 0.717) is 52.9 Å². The summed E-state index contributed by atoms with van der Waals surface area (Å²) >= 11 is 0. The van der Waals surface area contributed by atoms with Gasteiger partial charge in [0.05, 0.1) is 46.2 Å². The van der Waals surface area contributed by atoms with Crippen LogP contribution in [0.2, 0.25) is 18.1 Å². The van der Waals surface area contributed by atoms with Crippen LogP contribution in [0, 0.1) is 0 Å². The highest BCUT2D eigenvalue weighted by Crippen LogP contribution is 2.36. The van der Waals surface area contributed by atoms with Gasteiger partial charge in [0.25, 0.3) is 0 Å². The van der Waals surface area contributed by atoms with Crippen molar-refractivity contribution in [3.8, 4) is 5.75 Å². The molecular formula is C20H37NO5Si. The van der Waals surface area contributed by atoms with Crippen LogP contribution in [-0.2, 0) is 18.6 Å². The SMILES string of the molecule is CC(C)(C)[Si](C)(C)OCCOCCOCCOCCOc1ccc(N)cc1. The summed E-state index contributed by atoms with van der Waals surface area (Å²) in [6.07, 6.45) is 0. The number of hydrogen-bond acceptors (Lipinski definition) is 6. The Hall–Kier alpha value is -1.12. The minimum Gasteiger partial charge on any atom is -0.491 e. The minimum absolute atomic E-state index is 0.232. The summed E-state index contributed by atoms with van der Waals surface area (Å²) in [6.45, 7) is 15.7. The zero-order valence-corrected chi connectivity index (χ0v) is 18.6. The molecule has 27 heavy (non-hydrogen) atoms. The van der Waals surface area contributed by atoms with Crippen molar-refractivity contribution in [3.63, 3.8) is 0 Å². The quantitative estimate of drug-likeness (QED) is 0.292. The van der Waals surface area contributed by atoms with E-state index in [9.17, 15) is 0 Å². The molecule has 6 nitrogen and oxygen atoms in total. The maximum Gasteiger partial charge on any atom is 0.192 e. The van der Waals surface area contributed by atoms with Crippen LogP contribution in [0.25, 0.3) is 0 Å². The van der Waals surface area contributed by atoms with Crippen LogP contribution in [0.5, 0.6) is 5.75 Å². The molecule has 1 aromatic carbocycles. The zero-order chi connectivity index (χ0) is 20.2. The van der Waals surface area contributed by atoms with Gasteiger partial charge < -0.3 is 29.1 Å². The number of benzene rings is 1. The van der Waals surface area contributed by atoms with Gasteiger partial charge in [0, 0.05) is 5.69 Å². The molecule has 0 aliphatic heterocycles. The van der Waals surface area contributed by atoms with Crippen LogP contribution >= 0.6 is 0 Å². The van der Waals surface area contributed by atoms with Gasteiger partial charge in [-0.1, -0.05) is 20.8 Å². The van der Waals surface area contributed by atoms with Gasteiger partial charge in [-0.15, -0.1) is 0 Å². The number of ether oxygens (including phenoxy) is 4. The average molecular weight is 400 g/mol. The Labute approximate surface area is 165 Å². The van der Waals surface area contributed by atoms with Crippen molar-refractivity contribution >= 4 is 14.0 Å². The number of hydrogen-bond donors (Lipinski definition) is 1. The van der Waals surface area contributed by atoms with E-state index in [1.54, 1.807) is 0 Å². The minimum atomic E-state index is -1.67. The fourth-order valence-corrected chi connectivity index (χ4v) is 2.92. The van der Waals surface area contributed by atoms with E-state index in [1.165, 1.54) is 0 Å². The summed E-state index contributed by atoms with van der Waals surface area (Å²) in [5.74, 6) is 0.790. The predicted octanol–water partition coefficient (Wildman–Crippen LogP) is 3.72. The van der Waals surface area contributed by atoms with E-state index in [2.05, 4.69) is 33.9 Å². The third-order valence-electron chi connectivity index (χ3n) is 4.62. The van der Waals surface area contributed by atoms with Gasteiger partial charge in [0.15, 0.2) is 8.32 Å². The molecule has 0 aliphatic rings. The molecule has 0 radical (unpaired) electrons. The molecule has 0 bridgehead atoms. The topological polar surface area (TPSA) is 72.2 Å². The van der Waals surface area contributed by atoms with E-state index in [1.807, 2.05) is 24.3 Å². The smallest absolute Gasteiger partial charge is 0.192 e. The number of nitrogen functional groups attached to an aromatic ring is 1. The summed E-state index contributed by atoms with van der Waals surface area (Å²) in [5, 5.41) is 0.232. The summed E-state index contributed by atoms with van der Waals surface area (Å²) < 4.78 is 28.1. The van der Waals surface area contributed by atoms with Gasteiger partial charge in [-0.3, -0.25) is 0 Å². The molecule has 7 heteroatoms. The molecule has 156 valence electrons. The Morgan fingerprint density at radius 3 is 1.67 bits per heavy atom. The van der Waals surface area contributed by atoms with Crippen molar-refractivity contribution in [2.45, 2.75) is 38.9 Å². The van der Waals surface area contributed by atoms with Crippen LogP contribution in [0.3, 0.4) is 0 Å². The molecule has 0 unspecified atom stereocenters. The predicted molar refractivity (Wildman–Crippen MR) is 112 cm³/mol. The number of anilines is 1. The molecule has 0 aliphatic carbocycles. The molecule has 1 aromatic rings. The first-order chi connectivity index (χ1) is 12.7. The monoisotopic (exact) mass is 399 g/mol. The molecule has 0 atom stereocenters. The van der Waals surface area contributed by atoms with Crippen molar-refractivity contribution in [1.29, 1.82) is 0 Å². The second kappa shape index (κ2) is 12.4. The van der Waals surface area contributed by atoms with Gasteiger partial charge >= 0.3 is 0 Å². The lowest BCUT2D eigenvalue weighted by Gasteiger charge is -2.36. The Morgan fingerprint density at radius 2 is 1.19 bits per heavy atom. The first kappa shape index (κ1) is 23.9. The molecular weight excluding hydrogens is 362 g/mol. The third-order valence-corrected chi connectivity index (χ3v) is 9.16. The van der Waals surface area contributed by atoms with Gasteiger partial charge in [-0.05, 0) is 42.4 Å². The van der Waals surface area contributed by atoms with Crippen LogP contribution < -0.4 is 10.5 Å². The third kappa shape index (κ3) is 10.7. The molecule has 0 heterocycles. The second-order valence-corrected chi connectivity index (χ2v) is 12.7. The molecule has 2 N–H and O–H groups in total. The van der Waals surface area contributed by atoms with Crippen LogP contribution in [0.1, 0.15) is 20.8 Å². The van der Waals surface area contributed by atoms with Crippen molar-refractivity contribution in [2.24, 2.45) is 0 Å². The standard InChI is InChI=1S/C20H37NO5Si/c1-20(2,3)27(4,5)26-17-15-24-13-11-22-10-12-23-14-16-25-19-8-6-18(21)7-9-19/h6-9H,10-17,21H2,1-5H3. The first-order valence-corrected chi connectivity index (χ1v) is 12.5. The molecule has 0 aromatic heterocycles. The lowest BCUT2D eigenvalue weighted by molar-refractivity contribution is 0.00431. The average Bonchev–Trinajstić information content (AvgIpc) is 2.59. The zero-order valence-electron chi connectivity index (χ0n) is 17.6. The van der Waals surface area contributed by atoms with E-state index in [-0.39, 0.29) is 5.04 Å². The van der Waals surface area contributed by atoms with Crippen molar-refractivity contribution in [1.82, 2.24) is 0 Å². The highest BCUT2D eigenvalue weighted by molar-refractivity contribution is 6.74. The Kier molecular flexibility index (Phi) is 10.9. The van der Waals surface area contributed by atoms with E-state index in [0.717, 1.165) is 11.4 Å². The lowest BCUT2D eigenvalue weighted by atomic mass is 10.2. The molecule has 0 amide bonds. The fraction of sp³-hybridized carbons (Fsp3) is 0.700. The maximum absolute atomic E-state index is 6.05. The highest BCUT2D eigenvalue weighted by Gasteiger charge is 2.36. The Balaban J connectivity index is 1.86. The lowest BCUT2D eigenvalue weighted by Crippen LogP contribution is -2.41. The van der Waals surface area contributed by atoms with E-state index in [4.69, 9.17) is 29.1 Å². The second-order valence-electron chi connectivity index (χ2n) is 7.86. The van der Waals surface area contributed by atoms with Crippen LogP contribution in [-0.4, -0.2) is 61.2 Å². The van der Waals surface area contributed by atoms with E-state index >= 15 is 0 Å². The van der Waals surface area contributed by atoms with Crippen molar-refractivity contribution < 1.29 is 23.4 Å². The van der Waals surface area contributed by atoms with Gasteiger partial charge in [-0.25, -0.2) is 0 Å². The summed E-state index contributed by atoms with van der Waals surface area (Å²) in [7, 11) is -1.67. The first-order valence-electron chi connectivity index (χ1n) is 9.58. The molecule has 0 fully saturated rings. The van der Waals surface area contributed by atoms with Gasteiger partial charge in [-0.2, -0.15) is 0 Å². The Morgan fingerprint density at radius 1 is 0.741 bits per heavy atom. The van der Waals surface area contributed by atoms with Crippen LogP contribution in [0.4, 0.5) is 5.69 Å². The van der Waals surface area contributed by atoms with Crippen LogP contribution in [0.15, 0.2) is 24.3 Å². The summed E-state index contributed by atoms with van der Waals surface area (Å²) in [5.41, 5.74) is 6.34. The van der Waals surface area contributed by atoms with E-state index < -0.39 is 8.32 Å². The Bertz CT molecular complexity index is 502. The van der Waals surface area contributed by atoms with Gasteiger partial charge in [0.2, 0.25) is 0 Å². The summed E-state index contributed by atoms with van der Waals surface area (Å²) in [6, 6.07) is 7.31. The maximum atomic E-state index is 6.05. The molecule has 0 saturated carbocycles. The summed E-state index contributed by atoms with van der Waals surface area (Å²) in [4.78, 5) is 0. The number of nitrogens with two attached hydrogens (primary N) is 1. The molecule has 0 saturated heterocycles. The molecule has 1 rings (SSSR count). The largest absolute Gasteiger partial charge is 0.491 e. The van der Waals surface area contributed by atoms with Gasteiger partial charge in [0.1, 0.15) is 12.4 Å². The normalized spacial score (nSPS) is 12.3. The van der Waals surface area contributed by atoms with Crippen molar-refractivity contribution in [2.75, 3.05) is 58.6 Å². The fourth-order valence-electron chi connectivity index (χ4n) is 1.90.